The lowest BCUT2D eigenvalue weighted by Gasteiger charge is -2.30. The van der Waals surface area contributed by atoms with Crippen LogP contribution in [0.1, 0.15) is 54.3 Å². The van der Waals surface area contributed by atoms with Crippen LogP contribution in [0.4, 0.5) is 0 Å². The fourth-order valence-electron chi connectivity index (χ4n) is 4.49. The lowest BCUT2D eigenvalue weighted by molar-refractivity contribution is 0.138. The van der Waals surface area contributed by atoms with Crippen LogP contribution in [-0.2, 0) is 13.0 Å². The second-order valence-corrected chi connectivity index (χ2v) is 9.20. The number of ether oxygens (including phenoxy) is 2. The zero-order valence-electron chi connectivity index (χ0n) is 17.1. The molecule has 30 heavy (non-hydrogen) atoms. The van der Waals surface area contributed by atoms with Gasteiger partial charge in [-0.05, 0) is 67.9 Å². The van der Waals surface area contributed by atoms with E-state index in [2.05, 4.69) is 52.8 Å². The Morgan fingerprint density at radius 1 is 1.03 bits per heavy atom. The summed E-state index contributed by atoms with van der Waals surface area (Å²) in [5.74, 6) is 1.98. The summed E-state index contributed by atoms with van der Waals surface area (Å²) in [6.45, 7) is 0.878. The normalized spacial score (nSPS) is 23.4. The number of nitrogens with zero attached hydrogens (tertiary/aromatic N) is 1. The summed E-state index contributed by atoms with van der Waals surface area (Å²) in [7, 11) is 0. The Bertz CT molecular complexity index is 937. The van der Waals surface area contributed by atoms with Crippen LogP contribution < -0.4 is 14.8 Å². The molecule has 5 rings (SSSR count). The number of benzene rings is 2. The van der Waals surface area contributed by atoms with Gasteiger partial charge in [-0.1, -0.05) is 30.3 Å². The van der Waals surface area contributed by atoms with E-state index in [1.54, 1.807) is 11.3 Å². The van der Waals surface area contributed by atoms with Crippen LogP contribution in [0.2, 0.25) is 0 Å². The van der Waals surface area contributed by atoms with E-state index < -0.39 is 0 Å². The molecule has 3 aromatic rings. The molecule has 1 N–H and O–H groups in total. The number of aryl methyl sites for hydroxylation is 1. The molecule has 2 aromatic carbocycles. The van der Waals surface area contributed by atoms with Gasteiger partial charge < -0.3 is 14.8 Å². The van der Waals surface area contributed by atoms with Gasteiger partial charge in [-0.3, -0.25) is 0 Å². The second-order valence-electron chi connectivity index (χ2n) is 8.22. The first-order valence-corrected chi connectivity index (χ1v) is 11.8. The fraction of sp³-hybridized carbons (Fsp3) is 0.400. The van der Waals surface area contributed by atoms with E-state index in [-0.39, 0.29) is 6.10 Å². The Kier molecular flexibility index (Phi) is 6.00. The lowest BCUT2D eigenvalue weighted by Crippen LogP contribution is -2.35. The van der Waals surface area contributed by atoms with Gasteiger partial charge in [-0.2, -0.15) is 0 Å². The number of hydrogen-bond acceptors (Lipinski definition) is 5. The van der Waals surface area contributed by atoms with Crippen molar-refractivity contribution in [1.29, 1.82) is 0 Å². The summed E-state index contributed by atoms with van der Waals surface area (Å²) in [6, 6.07) is 17.4. The smallest absolute Gasteiger partial charge is 0.124 e. The molecule has 1 fully saturated rings. The minimum Gasteiger partial charge on any atom is -0.490 e. The lowest BCUT2D eigenvalue weighted by atomic mass is 9.93. The van der Waals surface area contributed by atoms with Crippen LogP contribution in [0.15, 0.2) is 60.1 Å². The first kappa shape index (κ1) is 19.6. The predicted octanol–water partition coefficient (Wildman–Crippen LogP) is 5.69. The molecule has 5 heteroatoms. The molecule has 0 amide bonds. The summed E-state index contributed by atoms with van der Waals surface area (Å²) in [6.07, 6.45) is 8.87. The quantitative estimate of drug-likeness (QED) is 0.556. The van der Waals surface area contributed by atoms with Crippen LogP contribution in [0.3, 0.4) is 0 Å². The standard InChI is InChI=1S/C25H28N2O2S/c1-2-4-18(5-3-1)23-12-6-19-16-22(11-13-24(19)29-23)28-21-9-7-20(8-10-21)27-17-25-26-14-15-30-25/h1-5,11,13-16,20-21,23,27H,6-10,12,17H2/t20-,21-,23?. The molecule has 2 aliphatic rings. The maximum atomic E-state index is 6.34. The Labute approximate surface area is 182 Å². The molecule has 1 aliphatic heterocycles. The SMILES string of the molecule is c1ccc(C2CCc3cc(O[C@H]4CC[C@H](NCc5nccs5)CC4)ccc3O2)cc1. The predicted molar refractivity (Wildman–Crippen MR) is 120 cm³/mol. The van der Waals surface area contributed by atoms with Gasteiger partial charge in [0.15, 0.2) is 0 Å². The van der Waals surface area contributed by atoms with Gasteiger partial charge in [-0.15, -0.1) is 11.3 Å². The van der Waals surface area contributed by atoms with Gasteiger partial charge >= 0.3 is 0 Å². The van der Waals surface area contributed by atoms with Gasteiger partial charge in [0.05, 0.1) is 6.10 Å². The Morgan fingerprint density at radius 2 is 1.90 bits per heavy atom. The Morgan fingerprint density at radius 3 is 2.70 bits per heavy atom. The molecule has 156 valence electrons. The molecule has 1 unspecified atom stereocenters. The van der Waals surface area contributed by atoms with Crippen LogP contribution in [0, 0.1) is 0 Å². The monoisotopic (exact) mass is 420 g/mol. The van der Waals surface area contributed by atoms with E-state index in [9.17, 15) is 0 Å². The molecule has 1 atom stereocenters. The zero-order valence-corrected chi connectivity index (χ0v) is 17.9. The first-order valence-electron chi connectivity index (χ1n) is 11.0. The number of aromatic nitrogens is 1. The average molecular weight is 421 g/mol. The molecule has 0 saturated heterocycles. The topological polar surface area (TPSA) is 43.4 Å². The van der Waals surface area contributed by atoms with Gasteiger partial charge in [0.2, 0.25) is 0 Å². The number of nitrogens with one attached hydrogen (secondary N) is 1. The first-order chi connectivity index (χ1) is 14.8. The van der Waals surface area contributed by atoms with Crippen molar-refractivity contribution in [1.82, 2.24) is 10.3 Å². The van der Waals surface area contributed by atoms with Crippen molar-refractivity contribution < 1.29 is 9.47 Å². The van der Waals surface area contributed by atoms with Crippen LogP contribution in [0.25, 0.3) is 0 Å². The molecular weight excluding hydrogens is 392 g/mol. The van der Waals surface area contributed by atoms with Crippen molar-refractivity contribution in [3.05, 3.63) is 76.2 Å². The number of thiazole rings is 1. The van der Waals surface area contributed by atoms with E-state index in [1.165, 1.54) is 16.1 Å². The largest absolute Gasteiger partial charge is 0.490 e. The van der Waals surface area contributed by atoms with Crippen molar-refractivity contribution in [3.8, 4) is 11.5 Å². The van der Waals surface area contributed by atoms with E-state index in [1.807, 2.05) is 17.6 Å². The third kappa shape index (κ3) is 4.68. The molecule has 0 bridgehead atoms. The van der Waals surface area contributed by atoms with Crippen LogP contribution >= 0.6 is 11.3 Å². The molecule has 4 nitrogen and oxygen atoms in total. The molecule has 0 radical (unpaired) electrons. The number of hydrogen-bond donors (Lipinski definition) is 1. The van der Waals surface area contributed by atoms with Gasteiger partial charge in [0, 0.05) is 24.2 Å². The van der Waals surface area contributed by atoms with E-state index in [0.717, 1.165) is 56.6 Å². The Balaban J connectivity index is 1.13. The molecular formula is C25H28N2O2S. The molecule has 0 spiro atoms. The molecule has 1 saturated carbocycles. The molecule has 1 aromatic heterocycles. The summed E-state index contributed by atoms with van der Waals surface area (Å²) >= 11 is 1.72. The minimum absolute atomic E-state index is 0.151. The van der Waals surface area contributed by atoms with Crippen molar-refractivity contribution >= 4 is 11.3 Å². The maximum absolute atomic E-state index is 6.34. The number of rotatable bonds is 6. The van der Waals surface area contributed by atoms with Crippen LogP contribution in [-0.4, -0.2) is 17.1 Å². The number of fused-ring (bicyclic) bond motifs is 1. The maximum Gasteiger partial charge on any atom is 0.124 e. The second kappa shape index (κ2) is 9.19. The van der Waals surface area contributed by atoms with Crippen molar-refractivity contribution in [2.75, 3.05) is 0 Å². The van der Waals surface area contributed by atoms with Gasteiger partial charge in [0.25, 0.3) is 0 Å². The summed E-state index contributed by atoms with van der Waals surface area (Å²) < 4.78 is 12.6. The minimum atomic E-state index is 0.151. The van der Waals surface area contributed by atoms with Gasteiger partial charge in [0.1, 0.15) is 22.6 Å². The van der Waals surface area contributed by atoms with E-state index in [4.69, 9.17) is 9.47 Å². The average Bonchev–Trinajstić information content (AvgIpc) is 3.33. The third-order valence-electron chi connectivity index (χ3n) is 6.15. The summed E-state index contributed by atoms with van der Waals surface area (Å²) in [5, 5.41) is 6.84. The van der Waals surface area contributed by atoms with Crippen LogP contribution in [0.5, 0.6) is 11.5 Å². The summed E-state index contributed by atoms with van der Waals surface area (Å²) in [4.78, 5) is 4.35. The zero-order chi connectivity index (χ0) is 20.2. The molecule has 1 aliphatic carbocycles. The van der Waals surface area contributed by atoms with Gasteiger partial charge in [-0.25, -0.2) is 4.98 Å². The van der Waals surface area contributed by atoms with Crippen molar-refractivity contribution in [3.63, 3.8) is 0 Å². The highest BCUT2D eigenvalue weighted by atomic mass is 32.1. The van der Waals surface area contributed by atoms with Crippen molar-refractivity contribution in [2.24, 2.45) is 0 Å². The highest BCUT2D eigenvalue weighted by molar-refractivity contribution is 7.09. The summed E-state index contributed by atoms with van der Waals surface area (Å²) in [5.41, 5.74) is 2.52. The molecule has 2 heterocycles. The van der Waals surface area contributed by atoms with E-state index >= 15 is 0 Å². The highest BCUT2D eigenvalue weighted by Gasteiger charge is 2.24. The fourth-order valence-corrected chi connectivity index (χ4v) is 5.06. The van der Waals surface area contributed by atoms with Crippen molar-refractivity contribution in [2.45, 2.75) is 63.3 Å². The Hall–Kier alpha value is -2.37. The third-order valence-corrected chi connectivity index (χ3v) is 6.93. The highest BCUT2D eigenvalue weighted by Crippen LogP contribution is 2.37. The van der Waals surface area contributed by atoms with E-state index in [0.29, 0.717) is 12.1 Å².